The Hall–Kier alpha value is -3.01. The van der Waals surface area contributed by atoms with E-state index in [1.165, 1.54) is 0 Å². The molecule has 0 spiro atoms. The second kappa shape index (κ2) is 9.22. The molecule has 35 heavy (non-hydrogen) atoms. The molecule has 6 rings (SSSR count). The van der Waals surface area contributed by atoms with Crippen LogP contribution < -0.4 is 10.9 Å². The maximum absolute atomic E-state index is 13.5. The molecule has 3 aliphatic rings. The molecule has 3 aromatic rings. The fraction of sp³-hybridized carbons (Fsp3) is 0.440. The van der Waals surface area contributed by atoms with E-state index in [-0.39, 0.29) is 24.3 Å². The van der Waals surface area contributed by atoms with Crippen LogP contribution in [0.4, 0.5) is 5.95 Å². The molecule has 2 aromatic heterocycles. The molecule has 0 bridgehead atoms. The Bertz CT molecular complexity index is 1340. The van der Waals surface area contributed by atoms with Crippen molar-refractivity contribution >= 4 is 34.5 Å². The molecule has 0 unspecified atom stereocenters. The van der Waals surface area contributed by atoms with E-state index in [1.807, 2.05) is 23.1 Å². The van der Waals surface area contributed by atoms with Crippen molar-refractivity contribution in [3.05, 3.63) is 51.9 Å². The van der Waals surface area contributed by atoms with Gasteiger partial charge < -0.3 is 19.7 Å². The van der Waals surface area contributed by atoms with E-state index < -0.39 is 12.2 Å². The highest BCUT2D eigenvalue weighted by molar-refractivity contribution is 6.33. The lowest BCUT2D eigenvalue weighted by molar-refractivity contribution is -0.140. The number of carbonyl (C=O) groups is 1. The van der Waals surface area contributed by atoms with Gasteiger partial charge in [-0.2, -0.15) is 4.98 Å². The van der Waals surface area contributed by atoms with Crippen LogP contribution in [-0.4, -0.2) is 64.0 Å². The lowest BCUT2D eigenvalue weighted by Crippen LogP contribution is -2.44. The Morgan fingerprint density at radius 1 is 1.14 bits per heavy atom. The van der Waals surface area contributed by atoms with E-state index >= 15 is 0 Å². The van der Waals surface area contributed by atoms with Gasteiger partial charge in [0.15, 0.2) is 6.10 Å². The van der Waals surface area contributed by atoms with Gasteiger partial charge in [0, 0.05) is 53.4 Å². The molecule has 1 aromatic carbocycles. The number of likely N-dealkylation sites (tertiary alicyclic amines) is 1. The van der Waals surface area contributed by atoms with Crippen molar-refractivity contribution in [1.29, 1.82) is 0 Å². The van der Waals surface area contributed by atoms with Crippen LogP contribution in [0.2, 0.25) is 5.02 Å². The lowest BCUT2D eigenvalue weighted by atomic mass is 10.1. The molecule has 9 nitrogen and oxygen atoms in total. The number of aromatic nitrogens is 3. The summed E-state index contributed by atoms with van der Waals surface area (Å²) in [7, 11) is 0. The zero-order valence-corrected chi connectivity index (χ0v) is 19.9. The van der Waals surface area contributed by atoms with Gasteiger partial charge in [0.25, 0.3) is 11.5 Å². The summed E-state index contributed by atoms with van der Waals surface area (Å²) in [5.41, 5.74) is 1.71. The van der Waals surface area contributed by atoms with Gasteiger partial charge in [-0.05, 0) is 37.8 Å². The summed E-state index contributed by atoms with van der Waals surface area (Å²) in [5, 5.41) is 4.47. The van der Waals surface area contributed by atoms with Gasteiger partial charge in [0.05, 0.1) is 0 Å². The minimum atomic E-state index is -0.635. The van der Waals surface area contributed by atoms with E-state index in [1.54, 1.807) is 22.9 Å². The van der Waals surface area contributed by atoms with E-state index in [4.69, 9.17) is 21.1 Å². The van der Waals surface area contributed by atoms with Crippen LogP contribution in [-0.2, 0) is 14.3 Å². The smallest absolute Gasteiger partial charge is 0.260 e. The average Bonchev–Trinajstić information content (AvgIpc) is 3.34. The predicted molar refractivity (Wildman–Crippen MR) is 131 cm³/mol. The summed E-state index contributed by atoms with van der Waals surface area (Å²) in [6, 6.07) is 9.26. The zero-order chi connectivity index (χ0) is 23.9. The maximum atomic E-state index is 13.5. The first-order chi connectivity index (χ1) is 17.1. The van der Waals surface area contributed by atoms with Gasteiger partial charge in [-0.15, -0.1) is 0 Å². The Morgan fingerprint density at radius 3 is 2.71 bits per heavy atom. The zero-order valence-electron chi connectivity index (χ0n) is 19.2. The highest BCUT2D eigenvalue weighted by atomic mass is 35.5. The van der Waals surface area contributed by atoms with Crippen LogP contribution in [0.1, 0.15) is 31.7 Å². The molecule has 2 aliphatic heterocycles. The molecule has 1 amide bonds. The number of hydrogen-bond donors (Lipinski definition) is 1. The second-order valence-corrected chi connectivity index (χ2v) is 9.65. The molecule has 10 heteroatoms. The second-order valence-electron chi connectivity index (χ2n) is 9.24. The van der Waals surface area contributed by atoms with Crippen molar-refractivity contribution in [2.45, 2.75) is 43.9 Å². The van der Waals surface area contributed by atoms with Crippen LogP contribution in [0, 0.1) is 0 Å². The molecule has 4 heterocycles. The topological polar surface area (TPSA) is 98.6 Å². The molecule has 1 aliphatic carbocycles. The van der Waals surface area contributed by atoms with Gasteiger partial charge in [-0.1, -0.05) is 29.8 Å². The minimum Gasteiger partial charge on any atom is -0.351 e. The molecule has 0 radical (unpaired) electrons. The first-order valence-corrected chi connectivity index (χ1v) is 12.4. The van der Waals surface area contributed by atoms with Crippen LogP contribution in [0.3, 0.4) is 0 Å². The van der Waals surface area contributed by atoms with Crippen LogP contribution in [0.25, 0.3) is 22.2 Å². The first-order valence-electron chi connectivity index (χ1n) is 12.0. The highest BCUT2D eigenvalue weighted by Crippen LogP contribution is 2.37. The molecular formula is C25H26ClN5O4. The fourth-order valence-corrected chi connectivity index (χ4v) is 5.09. The largest absolute Gasteiger partial charge is 0.351 e. The Labute approximate surface area is 207 Å². The van der Waals surface area contributed by atoms with Crippen molar-refractivity contribution in [1.82, 2.24) is 19.4 Å². The summed E-state index contributed by atoms with van der Waals surface area (Å²) in [4.78, 5) is 37.3. The number of rotatable bonds is 6. The lowest BCUT2D eigenvalue weighted by Gasteiger charge is -2.22. The quantitative estimate of drug-likeness (QED) is 0.560. The number of amides is 1. The summed E-state index contributed by atoms with van der Waals surface area (Å²) in [6.45, 7) is 1.94. The third kappa shape index (κ3) is 4.28. The molecule has 2 saturated heterocycles. The van der Waals surface area contributed by atoms with Crippen LogP contribution in [0.5, 0.6) is 0 Å². The van der Waals surface area contributed by atoms with Crippen molar-refractivity contribution in [2.24, 2.45) is 0 Å². The van der Waals surface area contributed by atoms with Gasteiger partial charge in [-0.25, -0.2) is 4.98 Å². The van der Waals surface area contributed by atoms with Gasteiger partial charge in [0.1, 0.15) is 18.5 Å². The van der Waals surface area contributed by atoms with Crippen molar-refractivity contribution < 1.29 is 14.3 Å². The molecule has 1 saturated carbocycles. The van der Waals surface area contributed by atoms with Crippen molar-refractivity contribution in [2.75, 3.05) is 31.7 Å². The number of ether oxygens (including phenoxy) is 2. The monoisotopic (exact) mass is 495 g/mol. The first kappa shape index (κ1) is 22.5. The Balaban J connectivity index is 1.27. The Kier molecular flexibility index (Phi) is 5.91. The number of carbonyl (C=O) groups excluding carboxylic acids is 1. The fourth-order valence-electron chi connectivity index (χ4n) is 4.85. The average molecular weight is 496 g/mol. The number of pyridine rings is 1. The number of benzene rings is 1. The maximum Gasteiger partial charge on any atom is 0.260 e. The van der Waals surface area contributed by atoms with Gasteiger partial charge >= 0.3 is 0 Å². The molecule has 2 atom stereocenters. The summed E-state index contributed by atoms with van der Waals surface area (Å²) in [6.07, 6.45) is 4.55. The SMILES string of the molecule is O=C([C@H]1OCO[C@@H]1CNc1ncc2cc(-c3ccccc3Cl)c(=O)n(C3CC3)c2n1)N1CCCC1. The summed E-state index contributed by atoms with van der Waals surface area (Å²) < 4.78 is 13.0. The highest BCUT2D eigenvalue weighted by Gasteiger charge is 2.38. The van der Waals surface area contributed by atoms with Crippen LogP contribution >= 0.6 is 11.6 Å². The number of nitrogens with one attached hydrogen (secondary N) is 1. The summed E-state index contributed by atoms with van der Waals surface area (Å²) in [5.74, 6) is 0.348. The number of anilines is 1. The predicted octanol–water partition coefficient (Wildman–Crippen LogP) is 3.22. The standard InChI is InChI=1S/C25H26ClN5O4/c26-19-6-2-1-5-17(19)18-11-15-12-27-25(29-22(15)31(23(18)32)16-7-8-16)28-13-20-21(35-14-34-20)24(33)30-9-3-4-10-30/h1-2,5-6,11-12,16,20-21H,3-4,7-10,13-14H2,(H,27,28,29)/t20-,21+/m1/s1. The van der Waals surface area contributed by atoms with Gasteiger partial charge in [0.2, 0.25) is 5.95 Å². The minimum absolute atomic E-state index is 0.0269. The number of fused-ring (bicyclic) bond motifs is 1. The van der Waals surface area contributed by atoms with Gasteiger partial charge in [-0.3, -0.25) is 14.2 Å². The van der Waals surface area contributed by atoms with Crippen molar-refractivity contribution in [3.8, 4) is 11.1 Å². The molecule has 182 valence electrons. The Morgan fingerprint density at radius 2 is 1.94 bits per heavy atom. The third-order valence-electron chi connectivity index (χ3n) is 6.84. The van der Waals surface area contributed by atoms with E-state index in [0.717, 1.165) is 44.2 Å². The number of halogens is 1. The van der Waals surface area contributed by atoms with E-state index in [9.17, 15) is 9.59 Å². The molecular weight excluding hydrogens is 470 g/mol. The van der Waals surface area contributed by atoms with E-state index in [0.29, 0.717) is 34.3 Å². The normalized spacial score (nSPS) is 22.1. The summed E-state index contributed by atoms with van der Waals surface area (Å²) >= 11 is 6.40. The number of hydrogen-bond acceptors (Lipinski definition) is 7. The van der Waals surface area contributed by atoms with Crippen LogP contribution in [0.15, 0.2) is 41.3 Å². The number of nitrogens with zero attached hydrogens (tertiary/aromatic N) is 4. The molecule has 1 N–H and O–H groups in total. The molecule has 3 fully saturated rings. The third-order valence-corrected chi connectivity index (χ3v) is 7.17. The van der Waals surface area contributed by atoms with E-state index in [2.05, 4.69) is 15.3 Å². The van der Waals surface area contributed by atoms with Crippen molar-refractivity contribution in [3.63, 3.8) is 0 Å².